The molecule has 1 heterocycles. The molecular formula is C19H29IN4S. The van der Waals surface area contributed by atoms with E-state index in [-0.39, 0.29) is 24.0 Å². The molecule has 0 saturated carbocycles. The summed E-state index contributed by atoms with van der Waals surface area (Å²) in [6.07, 6.45) is 0.915. The standard InChI is InChI=1S/C19H28N4S.HI/c1-5-20-19(22-12-16-9-7-6-8-15(16)4)21-11-10-17-13-24-18(23-17)14(2)3;/h6-9,13-14H,5,10-12H2,1-4H3,(H2,20,21,22);1H. The number of nitrogens with zero attached hydrogens (tertiary/aromatic N) is 2. The molecule has 0 spiro atoms. The summed E-state index contributed by atoms with van der Waals surface area (Å²) in [7, 11) is 0. The van der Waals surface area contributed by atoms with Crippen LogP contribution in [-0.2, 0) is 13.0 Å². The van der Waals surface area contributed by atoms with E-state index in [1.54, 1.807) is 11.3 Å². The van der Waals surface area contributed by atoms with Gasteiger partial charge in [-0.15, -0.1) is 35.3 Å². The van der Waals surface area contributed by atoms with Crippen molar-refractivity contribution in [1.82, 2.24) is 15.6 Å². The second kappa shape index (κ2) is 11.5. The highest BCUT2D eigenvalue weighted by Crippen LogP contribution is 2.19. The van der Waals surface area contributed by atoms with Crippen LogP contribution < -0.4 is 10.6 Å². The van der Waals surface area contributed by atoms with Gasteiger partial charge < -0.3 is 10.6 Å². The van der Waals surface area contributed by atoms with Crippen molar-refractivity contribution in [2.45, 2.75) is 46.6 Å². The van der Waals surface area contributed by atoms with Crippen molar-refractivity contribution < 1.29 is 0 Å². The Hall–Kier alpha value is -1.15. The van der Waals surface area contributed by atoms with Crippen molar-refractivity contribution in [3.8, 4) is 0 Å². The Morgan fingerprint density at radius 1 is 1.24 bits per heavy atom. The van der Waals surface area contributed by atoms with Crippen LogP contribution in [-0.4, -0.2) is 24.0 Å². The molecule has 1 aromatic heterocycles. The first-order chi connectivity index (χ1) is 11.6. The minimum absolute atomic E-state index is 0. The summed E-state index contributed by atoms with van der Waals surface area (Å²) in [5.41, 5.74) is 3.70. The van der Waals surface area contributed by atoms with Crippen LogP contribution in [0, 0.1) is 6.92 Å². The molecule has 2 rings (SSSR count). The van der Waals surface area contributed by atoms with Crippen molar-refractivity contribution in [3.63, 3.8) is 0 Å². The third kappa shape index (κ3) is 7.32. The SMILES string of the molecule is CCNC(=NCc1ccccc1C)NCCc1csc(C(C)C)n1.I. The molecule has 0 aliphatic rings. The number of hydrogen-bond donors (Lipinski definition) is 2. The molecule has 0 atom stereocenters. The maximum absolute atomic E-state index is 4.69. The summed E-state index contributed by atoms with van der Waals surface area (Å²) >= 11 is 1.75. The van der Waals surface area contributed by atoms with Gasteiger partial charge in [0.25, 0.3) is 0 Å². The Bertz CT molecular complexity index is 667. The lowest BCUT2D eigenvalue weighted by molar-refractivity contribution is 0.780. The van der Waals surface area contributed by atoms with Gasteiger partial charge >= 0.3 is 0 Å². The number of aromatic nitrogens is 1. The van der Waals surface area contributed by atoms with Crippen molar-refractivity contribution in [3.05, 3.63) is 51.5 Å². The van der Waals surface area contributed by atoms with Gasteiger partial charge in [0.15, 0.2) is 5.96 Å². The molecule has 25 heavy (non-hydrogen) atoms. The molecule has 0 amide bonds. The highest BCUT2D eigenvalue weighted by molar-refractivity contribution is 14.0. The summed E-state index contributed by atoms with van der Waals surface area (Å²) < 4.78 is 0. The maximum atomic E-state index is 4.69. The fourth-order valence-electron chi connectivity index (χ4n) is 2.31. The van der Waals surface area contributed by atoms with E-state index in [1.165, 1.54) is 16.1 Å². The van der Waals surface area contributed by atoms with Gasteiger partial charge in [-0.25, -0.2) is 9.98 Å². The number of hydrogen-bond acceptors (Lipinski definition) is 3. The molecule has 0 radical (unpaired) electrons. The average Bonchev–Trinajstić information content (AvgIpc) is 3.03. The average molecular weight is 472 g/mol. The summed E-state index contributed by atoms with van der Waals surface area (Å²) in [4.78, 5) is 9.36. The normalized spacial score (nSPS) is 11.3. The Kier molecular flexibility index (Phi) is 10.0. The highest BCUT2D eigenvalue weighted by atomic mass is 127. The number of halogens is 1. The van der Waals surface area contributed by atoms with Gasteiger partial charge in [0.05, 0.1) is 17.2 Å². The topological polar surface area (TPSA) is 49.3 Å². The molecule has 0 fully saturated rings. The molecular weight excluding hydrogens is 443 g/mol. The molecule has 0 aliphatic carbocycles. The maximum Gasteiger partial charge on any atom is 0.191 e. The van der Waals surface area contributed by atoms with Crippen molar-refractivity contribution in [2.75, 3.05) is 13.1 Å². The van der Waals surface area contributed by atoms with E-state index in [0.29, 0.717) is 12.5 Å². The third-order valence-corrected chi connectivity index (χ3v) is 4.94. The van der Waals surface area contributed by atoms with E-state index in [4.69, 9.17) is 0 Å². The minimum atomic E-state index is 0. The Morgan fingerprint density at radius 3 is 2.64 bits per heavy atom. The van der Waals surface area contributed by atoms with E-state index in [0.717, 1.165) is 31.2 Å². The van der Waals surface area contributed by atoms with E-state index in [9.17, 15) is 0 Å². The van der Waals surface area contributed by atoms with Gasteiger partial charge in [-0.2, -0.15) is 0 Å². The quantitative estimate of drug-likeness (QED) is 0.355. The number of nitrogens with one attached hydrogen (secondary N) is 2. The van der Waals surface area contributed by atoms with Crippen LogP contribution in [0.15, 0.2) is 34.6 Å². The molecule has 138 valence electrons. The molecule has 0 saturated heterocycles. The van der Waals surface area contributed by atoms with Crippen LogP contribution >= 0.6 is 35.3 Å². The highest BCUT2D eigenvalue weighted by Gasteiger charge is 2.06. The number of benzene rings is 1. The van der Waals surface area contributed by atoms with Gasteiger partial charge in [0.1, 0.15) is 0 Å². The molecule has 0 bridgehead atoms. The zero-order valence-corrected chi connectivity index (χ0v) is 18.7. The van der Waals surface area contributed by atoms with Gasteiger partial charge in [0.2, 0.25) is 0 Å². The first kappa shape index (κ1) is 21.9. The summed E-state index contributed by atoms with van der Waals surface area (Å²) in [6.45, 7) is 11.0. The zero-order chi connectivity index (χ0) is 17.4. The summed E-state index contributed by atoms with van der Waals surface area (Å²) in [6, 6.07) is 8.38. The second-order valence-corrected chi connectivity index (χ2v) is 7.02. The molecule has 2 N–H and O–H groups in total. The molecule has 2 aromatic rings. The molecule has 0 aliphatic heterocycles. The van der Waals surface area contributed by atoms with Crippen molar-refractivity contribution >= 4 is 41.3 Å². The largest absolute Gasteiger partial charge is 0.357 e. The van der Waals surface area contributed by atoms with Gasteiger partial charge in [-0.1, -0.05) is 38.1 Å². The Labute approximate surface area is 172 Å². The number of rotatable bonds is 7. The van der Waals surface area contributed by atoms with Crippen molar-refractivity contribution in [1.29, 1.82) is 0 Å². The lowest BCUT2D eigenvalue weighted by Crippen LogP contribution is -2.38. The van der Waals surface area contributed by atoms with Crippen LogP contribution in [0.1, 0.15) is 48.5 Å². The van der Waals surface area contributed by atoms with E-state index in [2.05, 4.69) is 78.0 Å². The minimum Gasteiger partial charge on any atom is -0.357 e. The Balaban J connectivity index is 0.00000312. The third-order valence-electron chi connectivity index (χ3n) is 3.75. The van der Waals surface area contributed by atoms with Crippen LogP contribution in [0.2, 0.25) is 0 Å². The smallest absolute Gasteiger partial charge is 0.191 e. The number of aliphatic imine (C=N–C) groups is 1. The number of aryl methyl sites for hydroxylation is 1. The predicted molar refractivity (Wildman–Crippen MR) is 119 cm³/mol. The number of thiazole rings is 1. The first-order valence-corrected chi connectivity index (χ1v) is 9.49. The molecule has 0 unspecified atom stereocenters. The van der Waals surface area contributed by atoms with Crippen LogP contribution in [0.3, 0.4) is 0 Å². The monoisotopic (exact) mass is 472 g/mol. The summed E-state index contributed by atoms with van der Waals surface area (Å²) in [5, 5.41) is 10.1. The van der Waals surface area contributed by atoms with Crippen LogP contribution in [0.4, 0.5) is 0 Å². The second-order valence-electron chi connectivity index (χ2n) is 6.13. The molecule has 6 heteroatoms. The summed E-state index contributed by atoms with van der Waals surface area (Å²) in [5.74, 6) is 1.37. The fourth-order valence-corrected chi connectivity index (χ4v) is 3.17. The molecule has 1 aromatic carbocycles. The van der Waals surface area contributed by atoms with Crippen molar-refractivity contribution in [2.24, 2.45) is 4.99 Å². The predicted octanol–water partition coefficient (Wildman–Crippen LogP) is 4.49. The lowest BCUT2D eigenvalue weighted by Gasteiger charge is -2.11. The van der Waals surface area contributed by atoms with Crippen LogP contribution in [0.25, 0.3) is 0 Å². The zero-order valence-electron chi connectivity index (χ0n) is 15.5. The van der Waals surface area contributed by atoms with Gasteiger partial charge in [0, 0.05) is 30.8 Å². The first-order valence-electron chi connectivity index (χ1n) is 8.61. The lowest BCUT2D eigenvalue weighted by atomic mass is 10.1. The fraction of sp³-hybridized carbons (Fsp3) is 0.474. The molecule has 4 nitrogen and oxygen atoms in total. The van der Waals surface area contributed by atoms with Gasteiger partial charge in [-0.3, -0.25) is 0 Å². The van der Waals surface area contributed by atoms with E-state index in [1.807, 2.05) is 0 Å². The Morgan fingerprint density at radius 2 is 2.00 bits per heavy atom. The van der Waals surface area contributed by atoms with Crippen LogP contribution in [0.5, 0.6) is 0 Å². The van der Waals surface area contributed by atoms with E-state index < -0.39 is 0 Å². The number of guanidine groups is 1. The van der Waals surface area contributed by atoms with Gasteiger partial charge in [-0.05, 0) is 25.0 Å². The van der Waals surface area contributed by atoms with E-state index >= 15 is 0 Å².